The predicted molar refractivity (Wildman–Crippen MR) is 104 cm³/mol. The van der Waals surface area contributed by atoms with Crippen molar-refractivity contribution in [2.75, 3.05) is 4.90 Å². The van der Waals surface area contributed by atoms with E-state index in [0.717, 1.165) is 21.5 Å². The van der Waals surface area contributed by atoms with Gasteiger partial charge in [-0.3, -0.25) is 9.69 Å². The second kappa shape index (κ2) is 7.54. The van der Waals surface area contributed by atoms with Crippen LogP contribution in [0.4, 0.5) is 5.13 Å². The largest absolute Gasteiger partial charge is 0.467 e. The zero-order chi connectivity index (χ0) is 17.8. The van der Waals surface area contributed by atoms with Crippen LogP contribution in [0.5, 0.6) is 0 Å². The fourth-order valence-electron chi connectivity index (χ4n) is 2.83. The minimum atomic E-state index is 0.0457. The first kappa shape index (κ1) is 16.5. The van der Waals surface area contributed by atoms with Gasteiger partial charge in [0.25, 0.3) is 0 Å². The van der Waals surface area contributed by atoms with Crippen LogP contribution in [0.2, 0.25) is 0 Å². The average molecular weight is 362 g/mol. The summed E-state index contributed by atoms with van der Waals surface area (Å²) in [6, 6.07) is 21.7. The predicted octanol–water partition coefficient (Wildman–Crippen LogP) is 5.06. The molecule has 0 atom stereocenters. The van der Waals surface area contributed by atoms with Gasteiger partial charge in [-0.25, -0.2) is 4.98 Å². The summed E-state index contributed by atoms with van der Waals surface area (Å²) in [5.74, 6) is 0.793. The molecule has 4 rings (SSSR count). The molecule has 26 heavy (non-hydrogen) atoms. The van der Waals surface area contributed by atoms with Crippen LogP contribution in [-0.4, -0.2) is 10.9 Å². The normalized spacial score (nSPS) is 10.9. The fraction of sp³-hybridized carbons (Fsp3) is 0.143. The van der Waals surface area contributed by atoms with Crippen LogP contribution in [0.1, 0.15) is 17.7 Å². The van der Waals surface area contributed by atoms with Crippen LogP contribution < -0.4 is 4.90 Å². The maximum Gasteiger partial charge on any atom is 0.229 e. The number of aromatic nitrogens is 1. The number of thiazole rings is 1. The molecule has 1 amide bonds. The number of hydrogen-bond acceptors (Lipinski definition) is 4. The van der Waals surface area contributed by atoms with E-state index in [2.05, 4.69) is 4.98 Å². The van der Waals surface area contributed by atoms with Gasteiger partial charge in [0.2, 0.25) is 5.91 Å². The Hall–Kier alpha value is -2.92. The summed E-state index contributed by atoms with van der Waals surface area (Å²) in [7, 11) is 0. The van der Waals surface area contributed by atoms with Crippen molar-refractivity contribution in [3.63, 3.8) is 0 Å². The number of hydrogen-bond donors (Lipinski definition) is 0. The summed E-state index contributed by atoms with van der Waals surface area (Å²) in [5, 5.41) is 0.709. The molecule has 0 bridgehead atoms. The number of para-hydroxylation sites is 1. The van der Waals surface area contributed by atoms with E-state index in [1.165, 1.54) is 11.3 Å². The number of nitrogens with zero attached hydrogens (tertiary/aromatic N) is 2. The monoisotopic (exact) mass is 362 g/mol. The lowest BCUT2D eigenvalue weighted by Crippen LogP contribution is -2.30. The van der Waals surface area contributed by atoms with Gasteiger partial charge in [-0.05, 0) is 36.2 Å². The summed E-state index contributed by atoms with van der Waals surface area (Å²) in [6.45, 7) is 0.389. The summed E-state index contributed by atoms with van der Waals surface area (Å²) < 4.78 is 6.53. The van der Waals surface area contributed by atoms with E-state index in [9.17, 15) is 4.79 Å². The van der Waals surface area contributed by atoms with Gasteiger partial charge in [-0.1, -0.05) is 53.8 Å². The Kier molecular flexibility index (Phi) is 4.80. The van der Waals surface area contributed by atoms with Crippen molar-refractivity contribution in [1.82, 2.24) is 4.98 Å². The standard InChI is InChI=1S/C21H18N2O2S/c24-20(13-12-16-7-2-1-3-8-16)23(15-17-9-6-14-25-17)21-22-18-10-4-5-11-19(18)26-21/h1-11,14H,12-13,15H2. The van der Waals surface area contributed by atoms with E-state index >= 15 is 0 Å². The minimum absolute atomic E-state index is 0.0457. The van der Waals surface area contributed by atoms with Gasteiger partial charge >= 0.3 is 0 Å². The molecule has 0 aliphatic heterocycles. The molecule has 0 radical (unpaired) electrons. The zero-order valence-electron chi connectivity index (χ0n) is 14.2. The summed E-state index contributed by atoms with van der Waals surface area (Å²) in [4.78, 5) is 19.4. The van der Waals surface area contributed by atoms with Crippen LogP contribution in [0.25, 0.3) is 10.2 Å². The molecule has 0 N–H and O–H groups in total. The van der Waals surface area contributed by atoms with E-state index in [1.807, 2.05) is 66.7 Å². The molecule has 4 nitrogen and oxygen atoms in total. The highest BCUT2D eigenvalue weighted by atomic mass is 32.1. The maximum absolute atomic E-state index is 13.0. The van der Waals surface area contributed by atoms with Crippen molar-refractivity contribution in [1.29, 1.82) is 0 Å². The Morgan fingerprint density at radius 1 is 1.00 bits per heavy atom. The molecule has 2 aromatic carbocycles. The number of carbonyl (C=O) groups excluding carboxylic acids is 1. The average Bonchev–Trinajstić information content (AvgIpc) is 3.34. The maximum atomic E-state index is 13.0. The van der Waals surface area contributed by atoms with E-state index in [4.69, 9.17) is 4.42 Å². The number of benzene rings is 2. The molecule has 2 aromatic heterocycles. The number of fused-ring (bicyclic) bond motifs is 1. The molecule has 2 heterocycles. The third-order valence-electron chi connectivity index (χ3n) is 4.18. The number of furan rings is 1. The fourth-order valence-corrected chi connectivity index (χ4v) is 3.81. The second-order valence-electron chi connectivity index (χ2n) is 6.01. The molecule has 0 saturated carbocycles. The lowest BCUT2D eigenvalue weighted by atomic mass is 10.1. The first-order valence-corrected chi connectivity index (χ1v) is 9.33. The zero-order valence-corrected chi connectivity index (χ0v) is 15.0. The molecule has 0 aliphatic carbocycles. The number of rotatable bonds is 6. The molecule has 0 fully saturated rings. The van der Waals surface area contributed by atoms with Crippen molar-refractivity contribution in [2.24, 2.45) is 0 Å². The van der Waals surface area contributed by atoms with Crippen molar-refractivity contribution in [3.05, 3.63) is 84.3 Å². The first-order chi connectivity index (χ1) is 12.8. The number of anilines is 1. The van der Waals surface area contributed by atoms with Gasteiger partial charge in [-0.15, -0.1) is 0 Å². The van der Waals surface area contributed by atoms with Crippen LogP contribution in [0.15, 0.2) is 77.4 Å². The Morgan fingerprint density at radius 2 is 1.81 bits per heavy atom. The lowest BCUT2D eigenvalue weighted by molar-refractivity contribution is -0.118. The van der Waals surface area contributed by atoms with Gasteiger partial charge in [0.1, 0.15) is 5.76 Å². The van der Waals surface area contributed by atoms with Gasteiger partial charge in [0, 0.05) is 6.42 Å². The molecule has 0 spiro atoms. The summed E-state index contributed by atoms with van der Waals surface area (Å²) in [5.41, 5.74) is 2.07. The lowest BCUT2D eigenvalue weighted by Gasteiger charge is -2.18. The molecule has 130 valence electrons. The smallest absolute Gasteiger partial charge is 0.229 e. The quantitative estimate of drug-likeness (QED) is 0.482. The number of carbonyl (C=O) groups is 1. The third kappa shape index (κ3) is 3.68. The molecule has 0 aliphatic rings. The van der Waals surface area contributed by atoms with E-state index in [1.54, 1.807) is 11.2 Å². The van der Waals surface area contributed by atoms with Crippen LogP contribution in [-0.2, 0) is 17.8 Å². The molecule has 4 aromatic rings. The van der Waals surface area contributed by atoms with Gasteiger partial charge in [-0.2, -0.15) is 0 Å². The van der Waals surface area contributed by atoms with Crippen LogP contribution in [0, 0.1) is 0 Å². The Bertz CT molecular complexity index is 960. The Balaban J connectivity index is 1.58. The van der Waals surface area contributed by atoms with Crippen molar-refractivity contribution in [2.45, 2.75) is 19.4 Å². The second-order valence-corrected chi connectivity index (χ2v) is 7.02. The van der Waals surface area contributed by atoms with E-state index in [-0.39, 0.29) is 5.91 Å². The first-order valence-electron chi connectivity index (χ1n) is 8.52. The van der Waals surface area contributed by atoms with Crippen LogP contribution >= 0.6 is 11.3 Å². The molecule has 0 saturated heterocycles. The highest BCUT2D eigenvalue weighted by Crippen LogP contribution is 2.30. The number of amides is 1. The number of aryl methyl sites for hydroxylation is 1. The van der Waals surface area contributed by atoms with Crippen LogP contribution in [0.3, 0.4) is 0 Å². The van der Waals surface area contributed by atoms with Gasteiger partial charge in [0.05, 0.1) is 23.0 Å². The van der Waals surface area contributed by atoms with E-state index < -0.39 is 0 Å². The van der Waals surface area contributed by atoms with Gasteiger partial charge in [0.15, 0.2) is 5.13 Å². The van der Waals surface area contributed by atoms with Crippen molar-refractivity contribution < 1.29 is 9.21 Å². The SMILES string of the molecule is O=C(CCc1ccccc1)N(Cc1ccco1)c1nc2ccccc2s1. The molecular weight excluding hydrogens is 344 g/mol. The van der Waals surface area contributed by atoms with Crippen molar-refractivity contribution in [3.8, 4) is 0 Å². The molecular formula is C21H18N2O2S. The highest BCUT2D eigenvalue weighted by molar-refractivity contribution is 7.22. The summed E-state index contributed by atoms with van der Waals surface area (Å²) in [6.07, 6.45) is 2.76. The van der Waals surface area contributed by atoms with Gasteiger partial charge < -0.3 is 4.42 Å². The highest BCUT2D eigenvalue weighted by Gasteiger charge is 2.21. The minimum Gasteiger partial charge on any atom is -0.467 e. The summed E-state index contributed by atoms with van der Waals surface area (Å²) >= 11 is 1.53. The Morgan fingerprint density at radius 3 is 2.58 bits per heavy atom. The molecule has 0 unspecified atom stereocenters. The van der Waals surface area contributed by atoms with Crippen molar-refractivity contribution >= 4 is 32.6 Å². The molecule has 5 heteroatoms. The third-order valence-corrected chi connectivity index (χ3v) is 5.24. The topological polar surface area (TPSA) is 46.3 Å². The van der Waals surface area contributed by atoms with E-state index in [0.29, 0.717) is 24.5 Å². The Labute approximate surface area is 155 Å².